The van der Waals surface area contributed by atoms with Crippen molar-refractivity contribution in [2.45, 2.75) is 103 Å². The molecule has 0 aromatic carbocycles. The molecule has 0 aromatic rings. The number of ether oxygens (including phenoxy) is 1. The lowest BCUT2D eigenvalue weighted by Crippen LogP contribution is -2.23. The zero-order valence-electron chi connectivity index (χ0n) is 15.7. The third-order valence-corrected chi connectivity index (χ3v) is 4.89. The van der Waals surface area contributed by atoms with Gasteiger partial charge in [0.2, 0.25) is 0 Å². The van der Waals surface area contributed by atoms with Crippen LogP contribution in [0.4, 0.5) is 0 Å². The zero-order chi connectivity index (χ0) is 18.0. The van der Waals surface area contributed by atoms with Gasteiger partial charge in [0, 0.05) is 0 Å². The van der Waals surface area contributed by atoms with E-state index in [-0.39, 0.29) is 12.2 Å². The molecular weight excluding hydrogens is 304 g/mol. The van der Waals surface area contributed by atoms with E-state index < -0.39 is 17.5 Å². The molecule has 1 saturated heterocycles. The molecule has 3 unspecified atom stereocenters. The van der Waals surface area contributed by atoms with Crippen molar-refractivity contribution in [2.75, 3.05) is 0 Å². The van der Waals surface area contributed by atoms with Crippen molar-refractivity contribution >= 4 is 5.97 Å². The molecule has 4 nitrogen and oxygen atoms in total. The number of hydrogen-bond acceptors (Lipinski definition) is 3. The molecule has 0 radical (unpaired) electrons. The van der Waals surface area contributed by atoms with Gasteiger partial charge in [-0.25, -0.2) is 0 Å². The van der Waals surface area contributed by atoms with Gasteiger partial charge >= 0.3 is 5.97 Å². The van der Waals surface area contributed by atoms with Crippen molar-refractivity contribution < 1.29 is 19.7 Å². The minimum absolute atomic E-state index is 0.0105. The van der Waals surface area contributed by atoms with Crippen LogP contribution in [0.5, 0.6) is 0 Å². The Labute approximate surface area is 147 Å². The van der Waals surface area contributed by atoms with Crippen molar-refractivity contribution in [2.24, 2.45) is 5.41 Å². The summed E-state index contributed by atoms with van der Waals surface area (Å²) in [4.78, 5) is 11.0. The Balaban J connectivity index is 1.99. The van der Waals surface area contributed by atoms with Gasteiger partial charge in [0.1, 0.15) is 12.2 Å². The highest BCUT2D eigenvalue weighted by Crippen LogP contribution is 2.30. The molecule has 1 rings (SSSR count). The molecule has 4 heteroatoms. The second-order valence-electron chi connectivity index (χ2n) is 7.70. The molecule has 1 aliphatic heterocycles. The maximum atomic E-state index is 11.0. The van der Waals surface area contributed by atoms with Gasteiger partial charge in [-0.3, -0.25) is 4.79 Å². The van der Waals surface area contributed by atoms with E-state index in [1.165, 1.54) is 19.3 Å². The molecule has 0 aliphatic carbocycles. The smallest absolute Gasteiger partial charge is 0.309 e. The largest absolute Gasteiger partial charge is 0.481 e. The Morgan fingerprint density at radius 3 is 2.54 bits per heavy atom. The van der Waals surface area contributed by atoms with E-state index in [0.29, 0.717) is 0 Å². The van der Waals surface area contributed by atoms with E-state index >= 15 is 0 Å². The summed E-state index contributed by atoms with van der Waals surface area (Å²) in [6, 6.07) is 0. The van der Waals surface area contributed by atoms with Crippen molar-refractivity contribution in [3.05, 3.63) is 12.2 Å². The summed E-state index contributed by atoms with van der Waals surface area (Å²) in [7, 11) is 0. The Morgan fingerprint density at radius 1 is 1.17 bits per heavy atom. The first-order chi connectivity index (χ1) is 11.4. The summed E-state index contributed by atoms with van der Waals surface area (Å²) in [6.45, 7) is 5.76. The van der Waals surface area contributed by atoms with Crippen LogP contribution in [0.1, 0.15) is 85.0 Å². The Hall–Kier alpha value is -0.870. The minimum atomic E-state index is -0.713. The lowest BCUT2D eigenvalue weighted by molar-refractivity contribution is -0.147. The molecule has 3 atom stereocenters. The quantitative estimate of drug-likeness (QED) is 0.273. The number of aliphatic hydroxyl groups is 1. The molecular formula is C20H36O4. The van der Waals surface area contributed by atoms with E-state index in [1.54, 1.807) is 13.8 Å². The normalized spacial score (nSPS) is 22.0. The van der Waals surface area contributed by atoms with Gasteiger partial charge in [0.25, 0.3) is 0 Å². The van der Waals surface area contributed by atoms with Crippen molar-refractivity contribution in [1.29, 1.82) is 0 Å². The van der Waals surface area contributed by atoms with E-state index in [4.69, 9.17) is 9.84 Å². The molecule has 1 heterocycles. The average Bonchev–Trinajstić information content (AvgIpc) is 3.29. The summed E-state index contributed by atoms with van der Waals surface area (Å²) in [5.74, 6) is -0.713. The molecule has 0 spiro atoms. The Bertz CT molecular complexity index is 389. The van der Waals surface area contributed by atoms with Crippen molar-refractivity contribution in [3.63, 3.8) is 0 Å². The standard InChI is InChI=1S/C20H36O4/c1-4-5-10-14-17-18(24-17)16(21)13-11-8-6-7-9-12-15-20(2,3)19(22)23/h11,13,16-18,21H,4-10,12,14-15H2,1-3H3,(H,22,23)/b13-11-. The first-order valence-electron chi connectivity index (χ1n) is 9.62. The molecule has 0 saturated carbocycles. The highest BCUT2D eigenvalue weighted by molar-refractivity contribution is 5.73. The third-order valence-electron chi connectivity index (χ3n) is 4.89. The Kier molecular flexibility index (Phi) is 9.60. The Morgan fingerprint density at radius 2 is 1.88 bits per heavy atom. The number of hydrogen-bond donors (Lipinski definition) is 2. The second kappa shape index (κ2) is 10.9. The molecule has 140 valence electrons. The molecule has 0 aromatic heterocycles. The molecule has 0 bridgehead atoms. The van der Waals surface area contributed by atoms with Crippen LogP contribution in [0.25, 0.3) is 0 Å². The average molecular weight is 341 g/mol. The lowest BCUT2D eigenvalue weighted by Gasteiger charge is -2.18. The number of unbranched alkanes of at least 4 members (excludes halogenated alkanes) is 6. The highest BCUT2D eigenvalue weighted by Gasteiger charge is 2.42. The van der Waals surface area contributed by atoms with Gasteiger partial charge in [0.15, 0.2) is 0 Å². The summed E-state index contributed by atoms with van der Waals surface area (Å²) >= 11 is 0. The zero-order valence-corrected chi connectivity index (χ0v) is 15.7. The van der Waals surface area contributed by atoms with Crippen LogP contribution in [-0.4, -0.2) is 34.5 Å². The maximum absolute atomic E-state index is 11.0. The van der Waals surface area contributed by atoms with E-state index in [1.807, 2.05) is 6.08 Å². The molecule has 1 fully saturated rings. The van der Waals surface area contributed by atoms with Crippen LogP contribution in [0, 0.1) is 5.41 Å². The number of aliphatic carboxylic acids is 1. The molecule has 2 N–H and O–H groups in total. The number of rotatable bonds is 14. The van der Waals surface area contributed by atoms with Crippen LogP contribution in [0.2, 0.25) is 0 Å². The SMILES string of the molecule is CCCCCC1OC1C(O)/C=C\CCCCCCC(C)(C)C(=O)O. The van der Waals surface area contributed by atoms with Crippen LogP contribution >= 0.6 is 0 Å². The molecule has 1 aliphatic rings. The van der Waals surface area contributed by atoms with Crippen molar-refractivity contribution in [1.82, 2.24) is 0 Å². The number of aliphatic hydroxyl groups excluding tert-OH is 1. The fraction of sp³-hybridized carbons (Fsp3) is 0.850. The van der Waals surface area contributed by atoms with Gasteiger partial charge in [0.05, 0.1) is 11.5 Å². The molecule has 0 amide bonds. The van der Waals surface area contributed by atoms with Crippen LogP contribution in [0.3, 0.4) is 0 Å². The number of allylic oxidation sites excluding steroid dienone is 1. The lowest BCUT2D eigenvalue weighted by atomic mass is 9.87. The summed E-state index contributed by atoms with van der Waals surface area (Å²) in [6.07, 6.45) is 14.4. The van der Waals surface area contributed by atoms with Crippen molar-refractivity contribution in [3.8, 4) is 0 Å². The summed E-state index contributed by atoms with van der Waals surface area (Å²) < 4.78 is 5.54. The van der Waals surface area contributed by atoms with Gasteiger partial charge in [-0.05, 0) is 39.5 Å². The van der Waals surface area contributed by atoms with E-state index in [9.17, 15) is 9.90 Å². The summed E-state index contributed by atoms with van der Waals surface area (Å²) in [5, 5.41) is 19.1. The third kappa shape index (κ3) is 8.29. The first-order valence-corrected chi connectivity index (χ1v) is 9.62. The first kappa shape index (κ1) is 21.2. The van der Waals surface area contributed by atoms with E-state index in [2.05, 4.69) is 13.0 Å². The van der Waals surface area contributed by atoms with Gasteiger partial charge in [-0.15, -0.1) is 0 Å². The predicted molar refractivity (Wildman–Crippen MR) is 97.1 cm³/mol. The highest BCUT2D eigenvalue weighted by atomic mass is 16.6. The van der Waals surface area contributed by atoms with Gasteiger partial charge < -0.3 is 14.9 Å². The maximum Gasteiger partial charge on any atom is 0.309 e. The molecule has 24 heavy (non-hydrogen) atoms. The number of carbonyl (C=O) groups is 1. The summed E-state index contributed by atoms with van der Waals surface area (Å²) in [5.41, 5.74) is -0.609. The van der Waals surface area contributed by atoms with E-state index in [0.717, 1.165) is 44.9 Å². The van der Waals surface area contributed by atoms with Crippen LogP contribution in [-0.2, 0) is 9.53 Å². The fourth-order valence-electron chi connectivity index (χ4n) is 2.92. The minimum Gasteiger partial charge on any atom is -0.481 e. The number of carboxylic acid groups (broad SMARTS) is 1. The second-order valence-corrected chi connectivity index (χ2v) is 7.70. The fourth-order valence-corrected chi connectivity index (χ4v) is 2.92. The van der Waals surface area contributed by atoms with Gasteiger partial charge in [-0.1, -0.05) is 57.6 Å². The van der Waals surface area contributed by atoms with Crippen LogP contribution in [0.15, 0.2) is 12.2 Å². The number of carboxylic acids is 1. The van der Waals surface area contributed by atoms with Gasteiger partial charge in [-0.2, -0.15) is 0 Å². The predicted octanol–water partition coefficient (Wildman–Crippen LogP) is 4.70. The topological polar surface area (TPSA) is 70.1 Å². The monoisotopic (exact) mass is 340 g/mol. The van der Waals surface area contributed by atoms with Crippen LogP contribution < -0.4 is 0 Å². The number of epoxide rings is 1.